The standard InChI is InChI=1S/C15H22BrNO2S/c1-3-20-7-4-11(2)17-10-12-8-13(16)15-14(9-12)18-5-6-19-15/h8-9,11,17H,3-7,10H2,1-2H3. The molecule has 0 aliphatic carbocycles. The number of thioether (sulfide) groups is 1. The number of fused-ring (bicyclic) bond motifs is 1. The highest BCUT2D eigenvalue weighted by molar-refractivity contribution is 9.10. The third kappa shape index (κ3) is 4.57. The molecule has 1 aromatic carbocycles. The van der Waals surface area contributed by atoms with Crippen LogP contribution in [-0.4, -0.2) is 30.8 Å². The van der Waals surface area contributed by atoms with Gasteiger partial charge in [0.15, 0.2) is 11.5 Å². The van der Waals surface area contributed by atoms with Gasteiger partial charge in [-0.3, -0.25) is 0 Å². The van der Waals surface area contributed by atoms with Crippen molar-refractivity contribution in [1.82, 2.24) is 5.32 Å². The van der Waals surface area contributed by atoms with E-state index in [0.717, 1.165) is 22.5 Å². The number of nitrogens with one attached hydrogen (secondary N) is 1. The van der Waals surface area contributed by atoms with E-state index in [9.17, 15) is 0 Å². The van der Waals surface area contributed by atoms with Crippen molar-refractivity contribution >= 4 is 27.7 Å². The zero-order chi connectivity index (χ0) is 14.4. The Morgan fingerprint density at radius 3 is 2.95 bits per heavy atom. The predicted molar refractivity (Wildman–Crippen MR) is 89.0 cm³/mol. The van der Waals surface area contributed by atoms with E-state index in [-0.39, 0.29) is 0 Å². The monoisotopic (exact) mass is 359 g/mol. The molecule has 0 bridgehead atoms. The lowest BCUT2D eigenvalue weighted by atomic mass is 10.1. The third-order valence-corrected chi connectivity index (χ3v) is 4.73. The normalized spacial score (nSPS) is 15.2. The predicted octanol–water partition coefficient (Wildman–Crippen LogP) is 3.84. The maximum Gasteiger partial charge on any atom is 0.175 e. The van der Waals surface area contributed by atoms with E-state index in [1.165, 1.54) is 23.5 Å². The minimum Gasteiger partial charge on any atom is -0.486 e. The summed E-state index contributed by atoms with van der Waals surface area (Å²) in [5, 5.41) is 3.56. The summed E-state index contributed by atoms with van der Waals surface area (Å²) >= 11 is 5.55. The van der Waals surface area contributed by atoms with Crippen molar-refractivity contribution in [3.63, 3.8) is 0 Å². The first-order chi connectivity index (χ1) is 9.70. The minimum absolute atomic E-state index is 0.529. The van der Waals surface area contributed by atoms with Gasteiger partial charge in [0.05, 0.1) is 4.47 Å². The van der Waals surface area contributed by atoms with E-state index in [2.05, 4.69) is 47.2 Å². The largest absolute Gasteiger partial charge is 0.486 e. The van der Waals surface area contributed by atoms with Gasteiger partial charge in [0, 0.05) is 12.6 Å². The molecule has 2 rings (SSSR count). The van der Waals surface area contributed by atoms with E-state index in [4.69, 9.17) is 9.47 Å². The second-order valence-corrected chi connectivity index (χ2v) is 7.12. The average molecular weight is 360 g/mol. The molecule has 0 fully saturated rings. The van der Waals surface area contributed by atoms with Gasteiger partial charge in [0.25, 0.3) is 0 Å². The number of hydrogen-bond donors (Lipinski definition) is 1. The van der Waals surface area contributed by atoms with E-state index < -0.39 is 0 Å². The van der Waals surface area contributed by atoms with Crippen LogP contribution in [0.4, 0.5) is 0 Å². The van der Waals surface area contributed by atoms with Crippen molar-refractivity contribution in [2.75, 3.05) is 24.7 Å². The number of halogens is 1. The van der Waals surface area contributed by atoms with Gasteiger partial charge in [-0.15, -0.1) is 0 Å². The molecular formula is C15H22BrNO2S. The van der Waals surface area contributed by atoms with Crippen LogP contribution in [-0.2, 0) is 6.54 Å². The highest BCUT2D eigenvalue weighted by Crippen LogP contribution is 2.38. The molecule has 20 heavy (non-hydrogen) atoms. The molecule has 0 aromatic heterocycles. The second-order valence-electron chi connectivity index (χ2n) is 4.87. The van der Waals surface area contributed by atoms with E-state index in [0.29, 0.717) is 19.3 Å². The Hall–Kier alpha value is -0.390. The number of hydrogen-bond acceptors (Lipinski definition) is 4. The number of benzene rings is 1. The molecule has 1 N–H and O–H groups in total. The summed E-state index contributed by atoms with van der Waals surface area (Å²) in [6.07, 6.45) is 1.20. The van der Waals surface area contributed by atoms with Crippen LogP contribution in [0.15, 0.2) is 16.6 Å². The summed E-state index contributed by atoms with van der Waals surface area (Å²) in [5.74, 6) is 4.08. The molecule has 1 atom stereocenters. The molecule has 0 saturated carbocycles. The fourth-order valence-corrected chi connectivity index (χ4v) is 3.48. The van der Waals surface area contributed by atoms with Gasteiger partial charge in [-0.25, -0.2) is 0 Å². The van der Waals surface area contributed by atoms with Crippen LogP contribution in [0, 0.1) is 0 Å². The molecule has 1 aromatic rings. The second kappa shape index (κ2) is 8.15. The lowest BCUT2D eigenvalue weighted by Crippen LogP contribution is -2.26. The first kappa shape index (κ1) is 16.0. The van der Waals surface area contributed by atoms with Crippen molar-refractivity contribution in [2.45, 2.75) is 32.9 Å². The quantitative estimate of drug-likeness (QED) is 0.749. The Labute approximate surface area is 133 Å². The van der Waals surface area contributed by atoms with Crippen molar-refractivity contribution in [3.8, 4) is 11.5 Å². The maximum atomic E-state index is 5.65. The Kier molecular flexibility index (Phi) is 6.52. The third-order valence-electron chi connectivity index (χ3n) is 3.21. The Bertz CT molecular complexity index is 442. The van der Waals surface area contributed by atoms with Gasteiger partial charge >= 0.3 is 0 Å². The average Bonchev–Trinajstić information content (AvgIpc) is 2.45. The zero-order valence-corrected chi connectivity index (χ0v) is 14.5. The Morgan fingerprint density at radius 2 is 2.15 bits per heavy atom. The number of rotatable bonds is 7. The summed E-state index contributed by atoms with van der Waals surface area (Å²) in [4.78, 5) is 0. The fourth-order valence-electron chi connectivity index (χ4n) is 2.06. The Balaban J connectivity index is 1.88. The van der Waals surface area contributed by atoms with Gasteiger partial charge in [-0.1, -0.05) is 6.92 Å². The molecule has 0 saturated heterocycles. The summed E-state index contributed by atoms with van der Waals surface area (Å²) in [6.45, 7) is 6.54. The first-order valence-corrected chi connectivity index (χ1v) is 9.04. The van der Waals surface area contributed by atoms with Crippen LogP contribution in [0.5, 0.6) is 11.5 Å². The van der Waals surface area contributed by atoms with E-state index in [1.807, 2.05) is 11.8 Å². The molecule has 0 radical (unpaired) electrons. The molecule has 1 aliphatic heterocycles. The van der Waals surface area contributed by atoms with Crippen molar-refractivity contribution < 1.29 is 9.47 Å². The summed E-state index contributed by atoms with van der Waals surface area (Å²) in [5.41, 5.74) is 1.22. The highest BCUT2D eigenvalue weighted by Gasteiger charge is 2.16. The molecule has 5 heteroatoms. The lowest BCUT2D eigenvalue weighted by molar-refractivity contribution is 0.170. The van der Waals surface area contributed by atoms with Gasteiger partial charge in [0.1, 0.15) is 13.2 Å². The van der Waals surface area contributed by atoms with E-state index >= 15 is 0 Å². The Morgan fingerprint density at radius 1 is 1.35 bits per heavy atom. The van der Waals surface area contributed by atoms with Crippen molar-refractivity contribution in [1.29, 1.82) is 0 Å². The molecule has 112 valence electrons. The van der Waals surface area contributed by atoms with Crippen LogP contribution < -0.4 is 14.8 Å². The van der Waals surface area contributed by atoms with Gasteiger partial charge in [-0.05, 0) is 58.5 Å². The molecule has 0 amide bonds. The van der Waals surface area contributed by atoms with Crippen molar-refractivity contribution in [3.05, 3.63) is 22.2 Å². The molecule has 3 nitrogen and oxygen atoms in total. The molecule has 1 heterocycles. The highest BCUT2D eigenvalue weighted by atomic mass is 79.9. The maximum absolute atomic E-state index is 5.65. The van der Waals surface area contributed by atoms with Gasteiger partial charge < -0.3 is 14.8 Å². The molecule has 1 unspecified atom stereocenters. The van der Waals surface area contributed by atoms with Crippen molar-refractivity contribution in [2.24, 2.45) is 0 Å². The smallest absolute Gasteiger partial charge is 0.175 e. The van der Waals surface area contributed by atoms with E-state index in [1.54, 1.807) is 0 Å². The topological polar surface area (TPSA) is 30.5 Å². The first-order valence-electron chi connectivity index (χ1n) is 7.10. The van der Waals surface area contributed by atoms with Gasteiger partial charge in [-0.2, -0.15) is 11.8 Å². The summed E-state index contributed by atoms with van der Waals surface area (Å²) in [6, 6.07) is 4.70. The molecule has 1 aliphatic rings. The van der Waals surface area contributed by atoms with Gasteiger partial charge in [0.2, 0.25) is 0 Å². The lowest BCUT2D eigenvalue weighted by Gasteiger charge is -2.21. The SMILES string of the molecule is CCSCCC(C)NCc1cc(Br)c2c(c1)OCCO2. The van der Waals surface area contributed by atoms with Crippen LogP contribution >= 0.6 is 27.7 Å². The summed E-state index contributed by atoms with van der Waals surface area (Å²) < 4.78 is 12.2. The molecular weight excluding hydrogens is 338 g/mol. The number of ether oxygens (including phenoxy) is 2. The minimum atomic E-state index is 0.529. The summed E-state index contributed by atoms with van der Waals surface area (Å²) in [7, 11) is 0. The molecule has 0 spiro atoms. The zero-order valence-electron chi connectivity index (χ0n) is 12.1. The van der Waals surface area contributed by atoms with Crippen LogP contribution in [0.2, 0.25) is 0 Å². The van der Waals surface area contributed by atoms with Crippen LogP contribution in [0.25, 0.3) is 0 Å². The van der Waals surface area contributed by atoms with Crippen LogP contribution in [0.3, 0.4) is 0 Å². The van der Waals surface area contributed by atoms with Crippen LogP contribution in [0.1, 0.15) is 25.8 Å². The fraction of sp³-hybridized carbons (Fsp3) is 0.600.